The third-order valence-electron chi connectivity index (χ3n) is 3.10. The first-order valence-electron chi connectivity index (χ1n) is 5.79. The summed E-state index contributed by atoms with van der Waals surface area (Å²) in [6, 6.07) is 0.477. The summed E-state index contributed by atoms with van der Waals surface area (Å²) in [5.74, 6) is -6.33. The number of carboxylic acid groups (broad SMARTS) is 1. The fourth-order valence-electron chi connectivity index (χ4n) is 1.92. The molecule has 0 heterocycles. The largest absolute Gasteiger partial charge is 0.481 e. The first-order valence-corrected chi connectivity index (χ1v) is 5.79. The van der Waals surface area contributed by atoms with Crippen molar-refractivity contribution < 1.29 is 54.5 Å². The fourth-order valence-corrected chi connectivity index (χ4v) is 1.92. The van der Waals surface area contributed by atoms with E-state index in [9.17, 15) is 44.3 Å². The van der Waals surface area contributed by atoms with Crippen LogP contribution in [0.25, 0.3) is 0 Å². The molecule has 2 N–H and O–H groups in total. The molecular weight excluding hydrogens is 363 g/mol. The van der Waals surface area contributed by atoms with Gasteiger partial charge in [-0.15, -0.1) is 0 Å². The van der Waals surface area contributed by atoms with Crippen LogP contribution in [0.4, 0.5) is 39.5 Å². The highest BCUT2D eigenvalue weighted by Gasteiger charge is 2.75. The van der Waals surface area contributed by atoms with Gasteiger partial charge in [-0.2, -0.15) is 39.5 Å². The van der Waals surface area contributed by atoms with E-state index < -0.39 is 47.1 Å². The predicted octanol–water partition coefficient (Wildman–Crippen LogP) is 3.73. The molecule has 0 fully saturated rings. The highest BCUT2D eigenvalue weighted by molar-refractivity contribution is 5.78. The molecule has 0 aliphatic carbocycles. The Morgan fingerprint density at radius 1 is 0.833 bits per heavy atom. The van der Waals surface area contributed by atoms with Crippen molar-refractivity contribution >= 4 is 5.97 Å². The number of carbonyl (C=O) groups is 1. The smallest absolute Gasteiger partial charge is 0.427 e. The third-order valence-corrected chi connectivity index (χ3v) is 3.10. The fraction of sp³-hybridized carbons (Fsp3) is 0.417. The second-order valence-corrected chi connectivity index (χ2v) is 4.65. The van der Waals surface area contributed by atoms with E-state index in [1.54, 1.807) is 0 Å². The topological polar surface area (TPSA) is 57.5 Å². The van der Waals surface area contributed by atoms with Crippen LogP contribution < -0.4 is 0 Å². The molecule has 1 rings (SSSR count). The van der Waals surface area contributed by atoms with E-state index in [4.69, 9.17) is 10.2 Å². The van der Waals surface area contributed by atoms with Crippen LogP contribution in [-0.4, -0.2) is 34.1 Å². The molecule has 0 spiro atoms. The van der Waals surface area contributed by atoms with Crippen LogP contribution in [-0.2, 0) is 11.0 Å². The highest BCUT2D eigenvalue weighted by atomic mass is 19.4. The second-order valence-electron chi connectivity index (χ2n) is 4.65. The molecule has 12 heteroatoms. The third kappa shape index (κ3) is 3.42. The van der Waals surface area contributed by atoms with Crippen molar-refractivity contribution in [3.63, 3.8) is 0 Å². The van der Waals surface area contributed by atoms with E-state index in [2.05, 4.69) is 0 Å². The monoisotopic (exact) mass is 370 g/mol. The van der Waals surface area contributed by atoms with Crippen molar-refractivity contribution in [3.05, 3.63) is 35.4 Å². The first-order chi connectivity index (χ1) is 10.5. The number of hydrogen-bond acceptors (Lipinski definition) is 2. The van der Waals surface area contributed by atoms with Crippen LogP contribution >= 0.6 is 0 Å². The first kappa shape index (κ1) is 20.1. The Hall–Kier alpha value is -1.98. The SMILES string of the molecule is O=C(O)C(c1ccc(C(F)(F)F)cc1)C(O)(C(F)(F)F)C(F)(F)F. The van der Waals surface area contributed by atoms with E-state index in [1.807, 2.05) is 0 Å². The molecule has 1 aromatic carbocycles. The molecule has 3 nitrogen and oxygen atoms in total. The van der Waals surface area contributed by atoms with Gasteiger partial charge in [-0.05, 0) is 17.7 Å². The lowest BCUT2D eigenvalue weighted by atomic mass is 9.80. The maximum absolute atomic E-state index is 12.8. The molecule has 0 aliphatic heterocycles. The zero-order chi connectivity index (χ0) is 19.1. The molecule has 24 heavy (non-hydrogen) atoms. The van der Waals surface area contributed by atoms with E-state index in [1.165, 1.54) is 0 Å². The molecular formula is C12H7F9O3. The summed E-state index contributed by atoms with van der Waals surface area (Å²) in [6.45, 7) is 0. The van der Waals surface area contributed by atoms with Crippen LogP contribution in [0.15, 0.2) is 24.3 Å². The van der Waals surface area contributed by atoms with Crippen LogP contribution in [0.2, 0.25) is 0 Å². The van der Waals surface area contributed by atoms with Crippen molar-refractivity contribution in [2.24, 2.45) is 0 Å². The lowest BCUT2D eigenvalue weighted by molar-refractivity contribution is -0.373. The van der Waals surface area contributed by atoms with E-state index in [0.29, 0.717) is 0 Å². The predicted molar refractivity (Wildman–Crippen MR) is 58.9 cm³/mol. The number of alkyl halides is 9. The lowest BCUT2D eigenvalue weighted by Gasteiger charge is -2.36. The summed E-state index contributed by atoms with van der Waals surface area (Å²) in [6.07, 6.45) is -17.8. The minimum atomic E-state index is -6.45. The Morgan fingerprint density at radius 2 is 1.21 bits per heavy atom. The van der Waals surface area contributed by atoms with Gasteiger partial charge in [0.25, 0.3) is 5.60 Å². The van der Waals surface area contributed by atoms with Crippen molar-refractivity contribution in [1.82, 2.24) is 0 Å². The van der Waals surface area contributed by atoms with Crippen molar-refractivity contribution in [3.8, 4) is 0 Å². The molecule has 1 unspecified atom stereocenters. The molecule has 0 bridgehead atoms. The Kier molecular flexibility index (Phi) is 4.87. The maximum atomic E-state index is 12.8. The number of aliphatic carboxylic acids is 1. The normalized spacial score (nSPS) is 15.2. The summed E-state index contributed by atoms with van der Waals surface area (Å²) in [4.78, 5) is 10.9. The minimum Gasteiger partial charge on any atom is -0.481 e. The van der Waals surface area contributed by atoms with Crippen molar-refractivity contribution in [2.45, 2.75) is 30.0 Å². The van der Waals surface area contributed by atoms with Gasteiger partial charge in [0.2, 0.25) is 0 Å². The average molecular weight is 370 g/mol. The van der Waals surface area contributed by atoms with Crippen LogP contribution in [0.3, 0.4) is 0 Å². The van der Waals surface area contributed by atoms with Gasteiger partial charge in [0, 0.05) is 0 Å². The van der Waals surface area contributed by atoms with E-state index in [0.717, 1.165) is 0 Å². The standard InChI is InChI=1S/C12H7F9O3/c13-10(14,15)6-3-1-5(2-4-6)7(8(22)23)9(24,11(16,17)18)12(19,20)21/h1-4,7,24H,(H,22,23). The zero-order valence-electron chi connectivity index (χ0n) is 11.1. The van der Waals surface area contributed by atoms with Gasteiger partial charge in [-0.3, -0.25) is 4.79 Å². The molecule has 1 aromatic rings. The van der Waals surface area contributed by atoms with Gasteiger partial charge in [0.15, 0.2) is 0 Å². The zero-order valence-corrected chi connectivity index (χ0v) is 11.1. The van der Waals surface area contributed by atoms with E-state index in [-0.39, 0.29) is 24.3 Å². The molecule has 136 valence electrons. The van der Waals surface area contributed by atoms with Gasteiger partial charge in [0.05, 0.1) is 5.56 Å². The lowest BCUT2D eigenvalue weighted by Crippen LogP contribution is -2.62. The summed E-state index contributed by atoms with van der Waals surface area (Å²) in [5.41, 5.74) is -8.41. The van der Waals surface area contributed by atoms with Gasteiger partial charge in [-0.1, -0.05) is 12.1 Å². The minimum absolute atomic E-state index is 0.110. The summed E-state index contributed by atoms with van der Waals surface area (Å²) < 4.78 is 114. The molecule has 0 aromatic heterocycles. The summed E-state index contributed by atoms with van der Waals surface area (Å²) >= 11 is 0. The number of hydrogen-bond donors (Lipinski definition) is 2. The summed E-state index contributed by atoms with van der Waals surface area (Å²) in [7, 11) is 0. The Morgan fingerprint density at radius 3 is 1.46 bits per heavy atom. The molecule has 0 amide bonds. The number of aliphatic hydroxyl groups is 1. The Labute approximate surface area is 127 Å². The molecule has 0 saturated carbocycles. The molecule has 0 saturated heterocycles. The maximum Gasteiger partial charge on any atom is 0.427 e. The average Bonchev–Trinajstić information content (AvgIpc) is 2.35. The quantitative estimate of drug-likeness (QED) is 0.798. The van der Waals surface area contributed by atoms with Crippen LogP contribution in [0.1, 0.15) is 17.0 Å². The number of benzene rings is 1. The van der Waals surface area contributed by atoms with Crippen molar-refractivity contribution in [2.75, 3.05) is 0 Å². The number of rotatable bonds is 3. The van der Waals surface area contributed by atoms with Gasteiger partial charge >= 0.3 is 24.5 Å². The van der Waals surface area contributed by atoms with Gasteiger partial charge < -0.3 is 10.2 Å². The highest BCUT2D eigenvalue weighted by Crippen LogP contribution is 2.51. The Balaban J connectivity index is 3.55. The molecule has 0 radical (unpaired) electrons. The number of halogens is 9. The number of carboxylic acids is 1. The Bertz CT molecular complexity index is 584. The van der Waals surface area contributed by atoms with Gasteiger partial charge in [0.1, 0.15) is 5.92 Å². The second kappa shape index (κ2) is 5.83. The van der Waals surface area contributed by atoms with Crippen molar-refractivity contribution in [1.29, 1.82) is 0 Å². The van der Waals surface area contributed by atoms with Gasteiger partial charge in [-0.25, -0.2) is 0 Å². The molecule has 1 atom stereocenters. The van der Waals surface area contributed by atoms with Crippen LogP contribution in [0.5, 0.6) is 0 Å². The summed E-state index contributed by atoms with van der Waals surface area (Å²) in [5, 5.41) is 17.9. The molecule has 0 aliphatic rings. The van der Waals surface area contributed by atoms with E-state index >= 15 is 0 Å². The van der Waals surface area contributed by atoms with Crippen LogP contribution in [0, 0.1) is 0 Å².